The van der Waals surface area contributed by atoms with Crippen molar-refractivity contribution in [1.82, 2.24) is 4.57 Å². The molecule has 3 heterocycles. The van der Waals surface area contributed by atoms with Gasteiger partial charge in [0.25, 0.3) is 0 Å². The van der Waals surface area contributed by atoms with E-state index in [1.54, 1.807) is 12.1 Å². The molecule has 1 saturated heterocycles. The van der Waals surface area contributed by atoms with Crippen molar-refractivity contribution >= 4 is 63.0 Å². The highest BCUT2D eigenvalue weighted by Crippen LogP contribution is 2.54. The number of aromatic nitrogens is 1. The van der Waals surface area contributed by atoms with Crippen molar-refractivity contribution in [2.75, 3.05) is 10.2 Å². The number of benzene rings is 4. The second-order valence-corrected chi connectivity index (χ2v) is 13.0. The Morgan fingerprint density at radius 2 is 1.59 bits per heavy atom. The zero-order valence-electron chi connectivity index (χ0n) is 23.5. The molecule has 0 spiro atoms. The zero-order valence-corrected chi connectivity index (χ0v) is 25.1. The maximum Gasteiger partial charge on any atom is 0.416 e. The predicted octanol–water partition coefficient (Wildman–Crippen LogP) is 6.66. The number of anilines is 2. The van der Waals surface area contributed by atoms with Crippen LogP contribution in [0.3, 0.4) is 0 Å². The molecule has 2 aliphatic heterocycles. The number of hydrogen-bond donors (Lipinski definition) is 1. The largest absolute Gasteiger partial charge is 0.416 e. The van der Waals surface area contributed by atoms with E-state index in [0.29, 0.717) is 21.2 Å². The highest BCUT2D eigenvalue weighted by Gasteiger charge is 2.57. The number of nitrogens with zero attached hydrogens (tertiary/aromatic N) is 2. The average Bonchev–Trinajstić information content (AvgIpc) is 3.47. The van der Waals surface area contributed by atoms with Gasteiger partial charge in [0, 0.05) is 21.9 Å². The van der Waals surface area contributed by atoms with E-state index in [4.69, 9.17) is 0 Å². The molecule has 0 bridgehead atoms. The molecule has 5 aromatic rings. The second kappa shape index (κ2) is 11.2. The number of halogens is 4. The van der Waals surface area contributed by atoms with Crippen molar-refractivity contribution in [2.45, 2.75) is 28.9 Å². The Bertz CT molecular complexity index is 2100. The van der Waals surface area contributed by atoms with Crippen LogP contribution in [0.4, 0.5) is 28.9 Å². The molecule has 4 aromatic carbocycles. The summed E-state index contributed by atoms with van der Waals surface area (Å²) in [6.45, 7) is -0.395. The van der Waals surface area contributed by atoms with Crippen molar-refractivity contribution in [1.29, 1.82) is 0 Å². The van der Waals surface area contributed by atoms with Crippen LogP contribution in [0.25, 0.3) is 10.8 Å². The Morgan fingerprint density at radius 3 is 2.35 bits per heavy atom. The Kier molecular flexibility index (Phi) is 7.32. The number of carbonyl (C=O) groups is 3. The fourth-order valence-corrected chi connectivity index (χ4v) is 8.80. The highest BCUT2D eigenvalue weighted by molar-refractivity contribution is 8.00. The molecular formula is C33H21F4N3O4S2. The predicted molar refractivity (Wildman–Crippen MR) is 166 cm³/mol. The second-order valence-electron chi connectivity index (χ2n) is 10.9. The van der Waals surface area contributed by atoms with Gasteiger partial charge < -0.3 is 5.32 Å². The molecule has 2 aliphatic rings. The number of thiazole rings is 1. The first-order valence-corrected chi connectivity index (χ1v) is 15.7. The first kappa shape index (κ1) is 29.9. The van der Waals surface area contributed by atoms with Crippen LogP contribution in [0.5, 0.6) is 0 Å². The van der Waals surface area contributed by atoms with E-state index in [-0.39, 0.29) is 5.69 Å². The molecule has 7 nitrogen and oxygen atoms in total. The summed E-state index contributed by atoms with van der Waals surface area (Å²) in [5, 5.41) is 3.73. The molecule has 7 rings (SSSR count). The lowest BCUT2D eigenvalue weighted by Crippen LogP contribution is -2.33. The summed E-state index contributed by atoms with van der Waals surface area (Å²) in [6, 6.07) is 22.1. The number of imide groups is 1. The van der Waals surface area contributed by atoms with Gasteiger partial charge in [-0.15, -0.1) is 0 Å². The molecule has 0 aliphatic carbocycles. The smallest absolute Gasteiger partial charge is 0.324 e. The average molecular weight is 664 g/mol. The van der Waals surface area contributed by atoms with Gasteiger partial charge in [-0.05, 0) is 47.3 Å². The first-order chi connectivity index (χ1) is 22.0. The van der Waals surface area contributed by atoms with Crippen LogP contribution < -0.4 is 15.1 Å². The highest BCUT2D eigenvalue weighted by atomic mass is 32.2. The summed E-state index contributed by atoms with van der Waals surface area (Å²) in [7, 11) is 0. The number of thioether (sulfide) groups is 1. The number of nitrogens with one attached hydrogen (secondary N) is 1. The van der Waals surface area contributed by atoms with E-state index in [9.17, 15) is 36.7 Å². The normalized spacial score (nSPS) is 19.3. The summed E-state index contributed by atoms with van der Waals surface area (Å²) in [5.74, 6) is -4.51. The van der Waals surface area contributed by atoms with Crippen molar-refractivity contribution < 1.29 is 31.9 Å². The molecule has 232 valence electrons. The van der Waals surface area contributed by atoms with Gasteiger partial charge in [0.15, 0.2) is 0 Å². The number of alkyl halides is 3. The lowest BCUT2D eigenvalue weighted by atomic mass is 9.83. The van der Waals surface area contributed by atoms with Crippen LogP contribution in [0.2, 0.25) is 0 Å². The van der Waals surface area contributed by atoms with Gasteiger partial charge in [-0.25, -0.2) is 9.29 Å². The van der Waals surface area contributed by atoms with Crippen LogP contribution in [0.1, 0.15) is 21.9 Å². The molecule has 1 N–H and O–H groups in total. The first-order valence-electron chi connectivity index (χ1n) is 14.0. The SMILES string of the molecule is O=C(Cn1c2c(sc1=O)C(c1ccc(F)cc1)C1C(=O)N(c3cccc(C(F)(F)F)c3)C(=O)C1S2)Nc1cccc2ccccc12. The molecule has 46 heavy (non-hydrogen) atoms. The summed E-state index contributed by atoms with van der Waals surface area (Å²) >= 11 is 1.74. The number of amides is 3. The quantitative estimate of drug-likeness (QED) is 0.168. The van der Waals surface area contributed by atoms with Crippen molar-refractivity contribution in [2.24, 2.45) is 5.92 Å². The van der Waals surface area contributed by atoms with Gasteiger partial charge in [0.05, 0.1) is 22.2 Å². The van der Waals surface area contributed by atoms with Gasteiger partial charge in [-0.1, -0.05) is 77.7 Å². The van der Waals surface area contributed by atoms with Gasteiger partial charge >= 0.3 is 11.0 Å². The standard InChI is InChI=1S/C33H21F4N3O4S2/c34-20-13-11-18(12-14-20)25-26-27(30(43)40(29(26)42)21-8-4-7-19(15-21)33(35,36)37)45-31-28(25)46-32(44)39(31)16-24(41)38-23-10-3-6-17-5-1-2-9-22(17)23/h1-15,25-27H,16H2,(H,38,41). The van der Waals surface area contributed by atoms with Crippen LogP contribution in [-0.2, 0) is 27.1 Å². The minimum absolute atomic E-state index is 0.229. The molecule has 3 atom stereocenters. The fraction of sp³-hybridized carbons (Fsp3) is 0.152. The third-order valence-corrected chi connectivity index (χ3v) is 10.7. The van der Waals surface area contributed by atoms with Gasteiger partial charge in [0.2, 0.25) is 17.7 Å². The van der Waals surface area contributed by atoms with Crippen molar-refractivity contribution in [3.05, 3.63) is 122 Å². The van der Waals surface area contributed by atoms with E-state index < -0.39 is 63.8 Å². The fourth-order valence-electron chi connectivity index (χ4n) is 6.03. The van der Waals surface area contributed by atoms with E-state index in [1.165, 1.54) is 34.9 Å². The van der Waals surface area contributed by atoms with Crippen LogP contribution in [0.15, 0.2) is 101 Å². The van der Waals surface area contributed by atoms with Gasteiger partial charge in [-0.3, -0.25) is 23.7 Å². The maximum atomic E-state index is 13.9. The molecule has 3 amide bonds. The summed E-state index contributed by atoms with van der Waals surface area (Å²) in [5.41, 5.74) is -0.259. The number of rotatable bonds is 5. The molecule has 1 fully saturated rings. The zero-order chi connectivity index (χ0) is 32.3. The molecule has 3 unspecified atom stereocenters. The van der Waals surface area contributed by atoms with E-state index in [2.05, 4.69) is 5.32 Å². The Morgan fingerprint density at radius 1 is 0.870 bits per heavy atom. The lowest BCUT2D eigenvalue weighted by Gasteiger charge is -2.30. The molecule has 0 radical (unpaired) electrons. The third kappa shape index (κ3) is 5.09. The Labute approximate surface area is 266 Å². The monoisotopic (exact) mass is 663 g/mol. The molecule has 1 aromatic heterocycles. The van der Waals surface area contributed by atoms with Crippen LogP contribution in [0, 0.1) is 11.7 Å². The lowest BCUT2D eigenvalue weighted by molar-refractivity contribution is -0.137. The van der Waals surface area contributed by atoms with Crippen LogP contribution in [-0.4, -0.2) is 27.5 Å². The van der Waals surface area contributed by atoms with E-state index in [0.717, 1.165) is 57.0 Å². The van der Waals surface area contributed by atoms with Crippen molar-refractivity contribution in [3.8, 4) is 0 Å². The maximum absolute atomic E-state index is 13.9. The number of hydrogen-bond acceptors (Lipinski definition) is 6. The van der Waals surface area contributed by atoms with Gasteiger partial charge in [-0.2, -0.15) is 13.2 Å². The summed E-state index contributed by atoms with van der Waals surface area (Å²) in [6.07, 6.45) is -4.70. The third-order valence-electron chi connectivity index (χ3n) is 8.08. The topological polar surface area (TPSA) is 88.5 Å². The van der Waals surface area contributed by atoms with Gasteiger partial charge in [0.1, 0.15) is 17.6 Å². The number of fused-ring (bicyclic) bond motifs is 3. The minimum atomic E-state index is -4.70. The summed E-state index contributed by atoms with van der Waals surface area (Å²) in [4.78, 5) is 55.1. The Hall–Kier alpha value is -4.75. The van der Waals surface area contributed by atoms with Crippen molar-refractivity contribution in [3.63, 3.8) is 0 Å². The number of carbonyl (C=O) groups excluding carboxylic acids is 3. The summed E-state index contributed by atoms with van der Waals surface area (Å²) < 4.78 is 55.7. The Balaban J connectivity index is 1.28. The minimum Gasteiger partial charge on any atom is -0.324 e. The molecule has 13 heteroatoms. The molecular weight excluding hydrogens is 643 g/mol. The van der Waals surface area contributed by atoms with Crippen LogP contribution >= 0.6 is 23.1 Å². The van der Waals surface area contributed by atoms with E-state index in [1.807, 2.05) is 30.3 Å². The van der Waals surface area contributed by atoms with E-state index >= 15 is 0 Å². The molecule has 0 saturated carbocycles.